The Kier molecular flexibility index (Phi) is 3.40. The Morgan fingerprint density at radius 3 is 2.72 bits per heavy atom. The van der Waals surface area contributed by atoms with Crippen LogP contribution in [-0.4, -0.2) is 31.7 Å². The number of carbonyl (C=O) groups is 2. The topological polar surface area (TPSA) is 85.1 Å². The minimum Gasteiger partial charge on any atom is -0.507 e. The van der Waals surface area contributed by atoms with Crippen molar-refractivity contribution in [2.24, 2.45) is 0 Å². The highest BCUT2D eigenvalue weighted by Gasteiger charge is 2.36. The van der Waals surface area contributed by atoms with E-state index in [1.165, 1.54) is 35.0 Å². The van der Waals surface area contributed by atoms with Crippen molar-refractivity contribution >= 4 is 23.2 Å². The van der Waals surface area contributed by atoms with Crippen LogP contribution in [0, 0.1) is 5.82 Å². The molecule has 3 aromatic rings. The molecule has 1 aromatic heterocycles. The molecule has 1 heterocycles. The normalized spacial score (nSPS) is 12.9. The van der Waals surface area contributed by atoms with E-state index in [0.717, 1.165) is 6.07 Å². The van der Waals surface area contributed by atoms with E-state index >= 15 is 0 Å². The van der Waals surface area contributed by atoms with Crippen LogP contribution in [-0.2, 0) is 6.54 Å². The van der Waals surface area contributed by atoms with Crippen molar-refractivity contribution in [3.8, 4) is 5.75 Å². The number of phenolic OH excluding ortho intramolecular Hbond substituents is 1. The van der Waals surface area contributed by atoms with Gasteiger partial charge in [0.25, 0.3) is 0 Å². The Hall–Kier alpha value is -3.06. The van der Waals surface area contributed by atoms with Crippen molar-refractivity contribution in [1.82, 2.24) is 15.0 Å². The maximum Gasteiger partial charge on any atom is 0.220 e. The molecular weight excluding hydrogens is 349 g/mol. The summed E-state index contributed by atoms with van der Waals surface area (Å²) in [7, 11) is 0. The number of rotatable bonds is 2. The zero-order valence-electron chi connectivity index (χ0n) is 12.5. The van der Waals surface area contributed by atoms with Gasteiger partial charge in [0.05, 0.1) is 12.1 Å². The Bertz CT molecular complexity index is 1060. The number of aromatic hydroxyl groups is 1. The second-order valence-electron chi connectivity index (χ2n) is 5.54. The molecule has 1 N–H and O–H groups in total. The summed E-state index contributed by atoms with van der Waals surface area (Å²) in [6.07, 6.45) is 0. The molecular formula is C17H9ClFN3O3. The lowest BCUT2D eigenvalue weighted by molar-refractivity contribution is 0.0968. The fourth-order valence-corrected chi connectivity index (χ4v) is 3.05. The van der Waals surface area contributed by atoms with Crippen LogP contribution in [0.2, 0.25) is 5.02 Å². The van der Waals surface area contributed by atoms with Gasteiger partial charge in [-0.3, -0.25) is 9.59 Å². The molecule has 0 aliphatic heterocycles. The monoisotopic (exact) mass is 357 g/mol. The summed E-state index contributed by atoms with van der Waals surface area (Å²) < 4.78 is 14.4. The Balaban J connectivity index is 1.82. The number of hydrogen-bond acceptors (Lipinski definition) is 5. The van der Waals surface area contributed by atoms with Crippen LogP contribution in [0.4, 0.5) is 4.39 Å². The first-order valence-electron chi connectivity index (χ1n) is 7.26. The molecule has 8 heteroatoms. The lowest BCUT2D eigenvalue weighted by Crippen LogP contribution is -2.23. The molecule has 0 radical (unpaired) electrons. The van der Waals surface area contributed by atoms with Crippen molar-refractivity contribution in [2.45, 2.75) is 6.54 Å². The van der Waals surface area contributed by atoms with E-state index in [-0.39, 0.29) is 39.8 Å². The molecule has 0 bridgehead atoms. The van der Waals surface area contributed by atoms with Crippen molar-refractivity contribution in [3.05, 3.63) is 75.3 Å². The molecule has 0 saturated heterocycles. The number of fused-ring (bicyclic) bond motifs is 2. The number of carbonyl (C=O) groups excluding carboxylic acids is 2. The van der Waals surface area contributed by atoms with Crippen LogP contribution < -0.4 is 0 Å². The smallest absolute Gasteiger partial charge is 0.220 e. The lowest BCUT2D eigenvalue weighted by Gasteiger charge is -2.15. The summed E-state index contributed by atoms with van der Waals surface area (Å²) in [5.41, 5.74) is 0.427. The van der Waals surface area contributed by atoms with Gasteiger partial charge in [0.1, 0.15) is 17.3 Å². The molecule has 0 amide bonds. The number of aromatic nitrogens is 3. The molecule has 0 atom stereocenters. The van der Waals surface area contributed by atoms with Crippen molar-refractivity contribution < 1.29 is 19.1 Å². The summed E-state index contributed by atoms with van der Waals surface area (Å²) >= 11 is 6.01. The number of halogens is 2. The van der Waals surface area contributed by atoms with Crippen molar-refractivity contribution in [1.29, 1.82) is 0 Å². The van der Waals surface area contributed by atoms with Gasteiger partial charge in [0.15, 0.2) is 5.69 Å². The largest absolute Gasteiger partial charge is 0.507 e. The molecule has 2 aromatic carbocycles. The Labute approximate surface area is 145 Å². The van der Waals surface area contributed by atoms with E-state index in [4.69, 9.17) is 11.6 Å². The van der Waals surface area contributed by atoms with Crippen LogP contribution in [0.5, 0.6) is 5.75 Å². The van der Waals surface area contributed by atoms with E-state index in [1.54, 1.807) is 0 Å². The van der Waals surface area contributed by atoms with Crippen molar-refractivity contribution in [2.75, 3.05) is 0 Å². The van der Waals surface area contributed by atoms with Crippen LogP contribution in [0.15, 0.2) is 36.4 Å². The average Bonchev–Trinajstić information content (AvgIpc) is 2.99. The molecule has 0 fully saturated rings. The third-order valence-electron chi connectivity index (χ3n) is 4.01. The molecule has 0 unspecified atom stereocenters. The first-order valence-corrected chi connectivity index (χ1v) is 7.64. The standard InChI is InChI=1S/C17H9ClFN3O3/c18-11-6-9(19)5-4-8(11)7-22-15-14(20-21-22)17(25)13-10(16(15)24)2-1-3-12(13)23/h1-6,23H,7H2. The minimum absolute atomic E-state index is 0.0171. The zero-order valence-corrected chi connectivity index (χ0v) is 13.3. The third-order valence-corrected chi connectivity index (χ3v) is 4.37. The van der Waals surface area contributed by atoms with Crippen LogP contribution >= 0.6 is 11.6 Å². The Morgan fingerprint density at radius 2 is 1.96 bits per heavy atom. The molecule has 1 aliphatic rings. The molecule has 1 aliphatic carbocycles. The van der Waals surface area contributed by atoms with E-state index in [1.807, 2.05) is 0 Å². The number of phenols is 1. The highest BCUT2D eigenvalue weighted by atomic mass is 35.5. The minimum atomic E-state index is -0.570. The van der Waals surface area contributed by atoms with Gasteiger partial charge in [-0.1, -0.05) is 28.9 Å². The average molecular weight is 358 g/mol. The van der Waals surface area contributed by atoms with Crippen LogP contribution in [0.25, 0.3) is 0 Å². The molecule has 0 spiro atoms. The number of benzene rings is 2. The number of ketones is 2. The summed E-state index contributed by atoms with van der Waals surface area (Å²) in [5, 5.41) is 17.7. The fraction of sp³-hybridized carbons (Fsp3) is 0.0588. The SMILES string of the molecule is O=C1c2nnn(Cc3ccc(F)cc3Cl)c2C(=O)c2cccc(O)c21. The predicted molar refractivity (Wildman–Crippen MR) is 85.5 cm³/mol. The van der Waals surface area contributed by atoms with Crippen LogP contribution in [0.3, 0.4) is 0 Å². The first kappa shape index (κ1) is 15.5. The highest BCUT2D eigenvalue weighted by molar-refractivity contribution is 6.31. The number of hydrogen-bond donors (Lipinski definition) is 1. The van der Waals surface area contributed by atoms with Gasteiger partial charge in [0.2, 0.25) is 11.6 Å². The molecule has 25 heavy (non-hydrogen) atoms. The molecule has 124 valence electrons. The van der Waals surface area contributed by atoms with E-state index < -0.39 is 17.4 Å². The van der Waals surface area contributed by atoms with E-state index in [0.29, 0.717) is 5.56 Å². The van der Waals surface area contributed by atoms with Gasteiger partial charge in [0, 0.05) is 10.6 Å². The fourth-order valence-electron chi connectivity index (χ4n) is 2.83. The summed E-state index contributed by atoms with van der Waals surface area (Å²) in [5.74, 6) is -1.80. The van der Waals surface area contributed by atoms with E-state index in [2.05, 4.69) is 10.3 Å². The Morgan fingerprint density at radius 1 is 1.16 bits per heavy atom. The quantitative estimate of drug-likeness (QED) is 0.596. The lowest BCUT2D eigenvalue weighted by atomic mass is 9.89. The predicted octanol–water partition coefficient (Wildman–Crippen LogP) is 2.60. The van der Waals surface area contributed by atoms with E-state index in [9.17, 15) is 19.1 Å². The van der Waals surface area contributed by atoms with Crippen LogP contribution in [0.1, 0.15) is 37.7 Å². The van der Waals surface area contributed by atoms with Crippen molar-refractivity contribution in [3.63, 3.8) is 0 Å². The maximum absolute atomic E-state index is 13.2. The molecule has 6 nitrogen and oxygen atoms in total. The van der Waals surface area contributed by atoms with Gasteiger partial charge < -0.3 is 5.11 Å². The highest BCUT2D eigenvalue weighted by Crippen LogP contribution is 2.32. The van der Waals surface area contributed by atoms with Gasteiger partial charge in [-0.05, 0) is 29.8 Å². The number of nitrogens with zero attached hydrogens (tertiary/aromatic N) is 3. The second-order valence-corrected chi connectivity index (χ2v) is 5.95. The maximum atomic E-state index is 13.2. The molecule has 4 rings (SSSR count). The second kappa shape index (κ2) is 5.49. The summed E-state index contributed by atoms with van der Waals surface area (Å²) in [6.45, 7) is 0.0502. The first-order chi connectivity index (χ1) is 12.0. The zero-order chi connectivity index (χ0) is 17.7. The van der Waals surface area contributed by atoms with Gasteiger partial charge in [-0.25, -0.2) is 9.07 Å². The summed E-state index contributed by atoms with van der Waals surface area (Å²) in [6, 6.07) is 8.14. The summed E-state index contributed by atoms with van der Waals surface area (Å²) in [4.78, 5) is 25.3. The third kappa shape index (κ3) is 2.32. The van der Waals surface area contributed by atoms with Gasteiger partial charge >= 0.3 is 0 Å². The van der Waals surface area contributed by atoms with Gasteiger partial charge in [-0.2, -0.15) is 0 Å². The molecule has 0 saturated carbocycles. The van der Waals surface area contributed by atoms with Gasteiger partial charge in [-0.15, -0.1) is 5.10 Å².